The lowest BCUT2D eigenvalue weighted by molar-refractivity contribution is 0.477. The van der Waals surface area contributed by atoms with Crippen LogP contribution in [0.3, 0.4) is 0 Å². The van der Waals surface area contributed by atoms with Gasteiger partial charge in [0.15, 0.2) is 0 Å². The molecule has 1 aromatic carbocycles. The fraction of sp³-hybridized carbons (Fsp3) is 0.231. The Kier molecular flexibility index (Phi) is 4.18. The van der Waals surface area contributed by atoms with Crippen molar-refractivity contribution >= 4 is 39.1 Å². The number of hydrogen-bond acceptors (Lipinski definition) is 1. The zero-order valence-corrected chi connectivity index (χ0v) is 12.3. The molecule has 1 unspecified atom stereocenters. The molecule has 0 radical (unpaired) electrons. The van der Waals surface area contributed by atoms with Gasteiger partial charge in [0.2, 0.25) is 0 Å². The molecule has 1 heterocycles. The summed E-state index contributed by atoms with van der Waals surface area (Å²) in [6.07, 6.45) is 0.878. The average molecular weight is 334 g/mol. The van der Waals surface area contributed by atoms with Gasteiger partial charge in [0.05, 0.1) is 4.83 Å². The molecule has 0 amide bonds. The molecule has 0 fully saturated rings. The molecule has 2 aromatic rings. The third-order valence-corrected chi connectivity index (χ3v) is 4.04. The SMILES string of the molecule is CCc1ccc(C(Br)c2cc(Cl)ccc2Cl)o1. The molecule has 0 N–H and O–H groups in total. The molecule has 2 rings (SSSR count). The Balaban J connectivity index is 2.35. The Morgan fingerprint density at radius 1 is 1.24 bits per heavy atom. The van der Waals surface area contributed by atoms with E-state index in [1.54, 1.807) is 12.1 Å². The van der Waals surface area contributed by atoms with Gasteiger partial charge in [-0.3, -0.25) is 0 Å². The number of alkyl halides is 1. The van der Waals surface area contributed by atoms with Crippen molar-refractivity contribution in [2.24, 2.45) is 0 Å². The van der Waals surface area contributed by atoms with Gasteiger partial charge >= 0.3 is 0 Å². The molecule has 1 nitrogen and oxygen atoms in total. The fourth-order valence-electron chi connectivity index (χ4n) is 1.58. The van der Waals surface area contributed by atoms with E-state index in [9.17, 15) is 0 Å². The van der Waals surface area contributed by atoms with Crippen LogP contribution in [0.15, 0.2) is 34.7 Å². The van der Waals surface area contributed by atoms with E-state index in [0.717, 1.165) is 23.5 Å². The smallest absolute Gasteiger partial charge is 0.122 e. The van der Waals surface area contributed by atoms with Crippen LogP contribution in [0.1, 0.15) is 28.8 Å². The number of furan rings is 1. The van der Waals surface area contributed by atoms with Crippen LogP contribution in [0.4, 0.5) is 0 Å². The molecule has 1 atom stereocenters. The summed E-state index contributed by atoms with van der Waals surface area (Å²) >= 11 is 15.7. The molecule has 17 heavy (non-hydrogen) atoms. The topological polar surface area (TPSA) is 13.1 Å². The first-order chi connectivity index (χ1) is 8.11. The number of rotatable bonds is 3. The van der Waals surface area contributed by atoms with E-state index in [-0.39, 0.29) is 4.83 Å². The lowest BCUT2D eigenvalue weighted by atomic mass is 10.1. The van der Waals surface area contributed by atoms with Crippen molar-refractivity contribution in [1.82, 2.24) is 0 Å². The summed E-state index contributed by atoms with van der Waals surface area (Å²) in [7, 11) is 0. The van der Waals surface area contributed by atoms with Crippen LogP contribution >= 0.6 is 39.1 Å². The minimum Gasteiger partial charge on any atom is -0.465 e. The second-order valence-electron chi connectivity index (χ2n) is 3.69. The largest absolute Gasteiger partial charge is 0.465 e. The summed E-state index contributed by atoms with van der Waals surface area (Å²) in [6.45, 7) is 2.05. The third-order valence-electron chi connectivity index (χ3n) is 2.51. The van der Waals surface area contributed by atoms with Gasteiger partial charge in [-0.1, -0.05) is 46.1 Å². The molecular formula is C13H11BrCl2O. The van der Waals surface area contributed by atoms with Crippen LogP contribution in [0.25, 0.3) is 0 Å². The Bertz CT molecular complexity index is 522. The molecule has 0 spiro atoms. The van der Waals surface area contributed by atoms with E-state index in [2.05, 4.69) is 22.9 Å². The minimum absolute atomic E-state index is 0.0750. The van der Waals surface area contributed by atoms with E-state index < -0.39 is 0 Å². The number of hydrogen-bond donors (Lipinski definition) is 0. The summed E-state index contributed by atoms with van der Waals surface area (Å²) in [6, 6.07) is 9.33. The van der Waals surface area contributed by atoms with Crippen molar-refractivity contribution in [2.45, 2.75) is 18.2 Å². The van der Waals surface area contributed by atoms with Gasteiger partial charge in [-0.15, -0.1) is 0 Å². The molecule has 0 bridgehead atoms. The molecule has 0 aliphatic heterocycles. The van der Waals surface area contributed by atoms with Gasteiger partial charge in [0.25, 0.3) is 0 Å². The summed E-state index contributed by atoms with van der Waals surface area (Å²) in [5.74, 6) is 1.80. The monoisotopic (exact) mass is 332 g/mol. The Labute approximate surface area is 119 Å². The van der Waals surface area contributed by atoms with Crippen molar-refractivity contribution < 1.29 is 4.42 Å². The summed E-state index contributed by atoms with van der Waals surface area (Å²) in [4.78, 5) is -0.0750. The molecule has 1 aromatic heterocycles. The first kappa shape index (κ1) is 13.0. The van der Waals surface area contributed by atoms with Crippen LogP contribution in [-0.4, -0.2) is 0 Å². The van der Waals surface area contributed by atoms with Gasteiger partial charge in [-0.05, 0) is 35.9 Å². The number of halogens is 3. The summed E-state index contributed by atoms with van der Waals surface area (Å²) in [5.41, 5.74) is 0.913. The van der Waals surface area contributed by atoms with Gasteiger partial charge in [0, 0.05) is 16.5 Å². The molecule has 0 aliphatic carbocycles. The van der Waals surface area contributed by atoms with Crippen molar-refractivity contribution in [3.63, 3.8) is 0 Å². The Morgan fingerprint density at radius 2 is 2.00 bits per heavy atom. The summed E-state index contributed by atoms with van der Waals surface area (Å²) < 4.78 is 5.70. The third kappa shape index (κ3) is 2.87. The van der Waals surface area contributed by atoms with E-state index in [4.69, 9.17) is 27.6 Å². The maximum absolute atomic E-state index is 6.15. The standard InChI is InChI=1S/C13H11BrCl2O/c1-2-9-4-6-12(17-9)13(14)10-7-8(15)3-5-11(10)16/h3-7,13H,2H2,1H3. The van der Waals surface area contributed by atoms with Crippen LogP contribution in [0.5, 0.6) is 0 Å². The molecule has 90 valence electrons. The first-order valence-corrected chi connectivity index (χ1v) is 6.96. The van der Waals surface area contributed by atoms with Gasteiger partial charge in [0.1, 0.15) is 11.5 Å². The predicted octanol–water partition coefficient (Wildman–Crippen LogP) is 5.63. The van der Waals surface area contributed by atoms with E-state index in [1.807, 2.05) is 18.2 Å². The fourth-order valence-corrected chi connectivity index (χ4v) is 2.75. The molecule has 0 saturated carbocycles. The van der Waals surface area contributed by atoms with Gasteiger partial charge in [-0.25, -0.2) is 0 Å². The maximum atomic E-state index is 6.15. The van der Waals surface area contributed by atoms with Gasteiger partial charge in [-0.2, -0.15) is 0 Å². The Hall–Kier alpha value is -0.440. The van der Waals surface area contributed by atoms with E-state index >= 15 is 0 Å². The average Bonchev–Trinajstić information content (AvgIpc) is 2.80. The Morgan fingerprint density at radius 3 is 2.65 bits per heavy atom. The van der Waals surface area contributed by atoms with E-state index in [0.29, 0.717) is 10.0 Å². The zero-order valence-electron chi connectivity index (χ0n) is 9.21. The highest BCUT2D eigenvalue weighted by atomic mass is 79.9. The van der Waals surface area contributed by atoms with Crippen LogP contribution in [-0.2, 0) is 6.42 Å². The van der Waals surface area contributed by atoms with Crippen molar-refractivity contribution in [3.05, 3.63) is 57.5 Å². The number of aryl methyl sites for hydroxylation is 1. The molecule has 0 saturated heterocycles. The van der Waals surface area contributed by atoms with Crippen molar-refractivity contribution in [3.8, 4) is 0 Å². The lowest BCUT2D eigenvalue weighted by Crippen LogP contribution is -1.92. The van der Waals surface area contributed by atoms with Crippen LogP contribution < -0.4 is 0 Å². The van der Waals surface area contributed by atoms with Crippen LogP contribution in [0.2, 0.25) is 10.0 Å². The molecule has 4 heteroatoms. The quantitative estimate of drug-likeness (QED) is 0.663. The highest BCUT2D eigenvalue weighted by Gasteiger charge is 2.17. The molecular weight excluding hydrogens is 323 g/mol. The zero-order chi connectivity index (χ0) is 12.4. The van der Waals surface area contributed by atoms with Crippen LogP contribution in [0, 0.1) is 0 Å². The first-order valence-electron chi connectivity index (χ1n) is 5.29. The summed E-state index contributed by atoms with van der Waals surface area (Å²) in [5, 5.41) is 1.34. The number of benzene rings is 1. The second kappa shape index (κ2) is 5.47. The lowest BCUT2D eigenvalue weighted by Gasteiger charge is -2.10. The van der Waals surface area contributed by atoms with Crippen molar-refractivity contribution in [1.29, 1.82) is 0 Å². The predicted molar refractivity (Wildman–Crippen MR) is 75.3 cm³/mol. The molecule has 0 aliphatic rings. The second-order valence-corrected chi connectivity index (χ2v) is 5.45. The maximum Gasteiger partial charge on any atom is 0.122 e. The highest BCUT2D eigenvalue weighted by molar-refractivity contribution is 9.09. The highest BCUT2D eigenvalue weighted by Crippen LogP contribution is 2.37. The van der Waals surface area contributed by atoms with Crippen molar-refractivity contribution in [2.75, 3.05) is 0 Å². The normalized spacial score (nSPS) is 12.7. The van der Waals surface area contributed by atoms with E-state index in [1.165, 1.54) is 0 Å². The minimum atomic E-state index is -0.0750. The van der Waals surface area contributed by atoms with Gasteiger partial charge < -0.3 is 4.42 Å².